The summed E-state index contributed by atoms with van der Waals surface area (Å²) in [5, 5.41) is 3.14. The van der Waals surface area contributed by atoms with Gasteiger partial charge in [0.25, 0.3) is 0 Å². The molecule has 1 N–H and O–H groups in total. The molecule has 0 atom stereocenters. The van der Waals surface area contributed by atoms with Gasteiger partial charge in [0.1, 0.15) is 0 Å². The fourth-order valence-corrected chi connectivity index (χ4v) is 1.15. The maximum absolute atomic E-state index is 3.14. The molecule has 0 heterocycles. The summed E-state index contributed by atoms with van der Waals surface area (Å²) < 4.78 is 0. The molecule has 0 aliphatic heterocycles. The van der Waals surface area contributed by atoms with E-state index in [2.05, 4.69) is 36.5 Å². The number of rotatable bonds is 3. The number of aryl methyl sites for hydroxylation is 1. The van der Waals surface area contributed by atoms with E-state index in [4.69, 9.17) is 0 Å². The van der Waals surface area contributed by atoms with Crippen LogP contribution in [0.25, 0.3) is 0 Å². The van der Waals surface area contributed by atoms with Crippen molar-refractivity contribution in [2.24, 2.45) is 0 Å². The zero-order valence-corrected chi connectivity index (χ0v) is 11.2. The van der Waals surface area contributed by atoms with E-state index in [0.717, 1.165) is 13.0 Å². The first kappa shape index (κ1) is 16.6. The third kappa shape index (κ3) is 8.19. The van der Waals surface area contributed by atoms with Crippen LogP contribution in [0.4, 0.5) is 0 Å². The van der Waals surface area contributed by atoms with Crippen molar-refractivity contribution in [1.29, 1.82) is 0 Å². The Hall–Kier alpha value is -0.820. The molecule has 0 aliphatic carbocycles. The molecule has 0 bridgehead atoms. The topological polar surface area (TPSA) is 12.0 Å². The molecule has 0 saturated heterocycles. The second kappa shape index (κ2) is 13.2. The van der Waals surface area contributed by atoms with Gasteiger partial charge < -0.3 is 5.32 Å². The van der Waals surface area contributed by atoms with Crippen LogP contribution in [0.5, 0.6) is 0 Å². The van der Waals surface area contributed by atoms with E-state index in [9.17, 15) is 0 Å². The zero-order valence-electron chi connectivity index (χ0n) is 11.2. The van der Waals surface area contributed by atoms with Crippen molar-refractivity contribution in [2.75, 3.05) is 13.6 Å². The van der Waals surface area contributed by atoms with Crippen molar-refractivity contribution in [3.05, 3.63) is 35.4 Å². The van der Waals surface area contributed by atoms with E-state index in [0.29, 0.717) is 0 Å². The van der Waals surface area contributed by atoms with Gasteiger partial charge in [-0.2, -0.15) is 0 Å². The Morgan fingerprint density at radius 2 is 1.53 bits per heavy atom. The minimum Gasteiger partial charge on any atom is -0.319 e. The molecule has 0 unspecified atom stereocenters. The van der Waals surface area contributed by atoms with E-state index in [-0.39, 0.29) is 0 Å². The number of nitrogens with one attached hydrogen (secondary N) is 1. The SMILES string of the molecule is CC.CC.CNCCc1ccccc1C. The fourth-order valence-electron chi connectivity index (χ4n) is 1.15. The van der Waals surface area contributed by atoms with E-state index in [1.807, 2.05) is 34.7 Å². The molecule has 0 amide bonds. The van der Waals surface area contributed by atoms with Crippen molar-refractivity contribution < 1.29 is 0 Å². The van der Waals surface area contributed by atoms with Gasteiger partial charge in [0.05, 0.1) is 0 Å². The molecule has 0 radical (unpaired) electrons. The molecule has 0 fully saturated rings. The fraction of sp³-hybridized carbons (Fsp3) is 0.571. The summed E-state index contributed by atoms with van der Waals surface area (Å²) in [7, 11) is 1.98. The largest absolute Gasteiger partial charge is 0.319 e. The van der Waals surface area contributed by atoms with Gasteiger partial charge in [0, 0.05) is 0 Å². The molecule has 1 nitrogen and oxygen atoms in total. The summed E-state index contributed by atoms with van der Waals surface area (Å²) in [5.41, 5.74) is 2.84. The molecule has 15 heavy (non-hydrogen) atoms. The molecule has 0 saturated carbocycles. The lowest BCUT2D eigenvalue weighted by Crippen LogP contribution is -2.10. The molecular weight excluding hydrogens is 182 g/mol. The second-order valence-electron chi connectivity index (χ2n) is 2.78. The maximum atomic E-state index is 3.14. The molecule has 0 aliphatic rings. The highest BCUT2D eigenvalue weighted by atomic mass is 14.8. The summed E-state index contributed by atoms with van der Waals surface area (Å²) in [4.78, 5) is 0. The summed E-state index contributed by atoms with van der Waals surface area (Å²) in [5.74, 6) is 0. The van der Waals surface area contributed by atoms with E-state index in [1.165, 1.54) is 11.1 Å². The van der Waals surface area contributed by atoms with E-state index < -0.39 is 0 Å². The van der Waals surface area contributed by atoms with Crippen LogP contribution in [0, 0.1) is 6.92 Å². The number of hydrogen-bond acceptors (Lipinski definition) is 1. The van der Waals surface area contributed by atoms with Crippen molar-refractivity contribution in [3.63, 3.8) is 0 Å². The molecule has 1 rings (SSSR count). The van der Waals surface area contributed by atoms with Crippen LogP contribution in [-0.4, -0.2) is 13.6 Å². The van der Waals surface area contributed by atoms with Crippen LogP contribution < -0.4 is 5.32 Å². The number of hydrogen-bond donors (Lipinski definition) is 1. The summed E-state index contributed by atoms with van der Waals surface area (Å²) >= 11 is 0. The molecule has 0 spiro atoms. The first-order chi connectivity index (χ1) is 7.34. The lowest BCUT2D eigenvalue weighted by atomic mass is 10.1. The number of benzene rings is 1. The smallest absolute Gasteiger partial charge is 0.00113 e. The Bertz CT molecular complexity index is 218. The third-order valence-electron chi connectivity index (χ3n) is 1.91. The maximum Gasteiger partial charge on any atom is -0.00113 e. The predicted molar refractivity (Wildman–Crippen MR) is 71.5 cm³/mol. The van der Waals surface area contributed by atoms with Gasteiger partial charge in [-0.3, -0.25) is 0 Å². The highest BCUT2D eigenvalue weighted by Crippen LogP contribution is 2.06. The molecule has 1 aromatic carbocycles. The minimum atomic E-state index is 1.06. The number of likely N-dealkylation sites (N-methyl/N-ethyl adjacent to an activating group) is 1. The van der Waals surface area contributed by atoms with Gasteiger partial charge in [-0.25, -0.2) is 0 Å². The van der Waals surface area contributed by atoms with Crippen molar-refractivity contribution in [2.45, 2.75) is 41.0 Å². The third-order valence-corrected chi connectivity index (χ3v) is 1.91. The van der Waals surface area contributed by atoms with Gasteiger partial charge in [0.15, 0.2) is 0 Å². The molecule has 1 heteroatoms. The first-order valence-electron chi connectivity index (χ1n) is 6.03. The van der Waals surface area contributed by atoms with Crippen LogP contribution in [0.2, 0.25) is 0 Å². The lowest BCUT2D eigenvalue weighted by molar-refractivity contribution is 0.788. The highest BCUT2D eigenvalue weighted by molar-refractivity contribution is 5.25. The van der Waals surface area contributed by atoms with Crippen LogP contribution in [-0.2, 0) is 6.42 Å². The highest BCUT2D eigenvalue weighted by Gasteiger charge is 1.93. The summed E-state index contributed by atoms with van der Waals surface area (Å²) in [6.45, 7) is 11.2. The van der Waals surface area contributed by atoms with Crippen molar-refractivity contribution >= 4 is 0 Å². The minimum absolute atomic E-state index is 1.06. The monoisotopic (exact) mass is 209 g/mol. The Balaban J connectivity index is 0. The van der Waals surface area contributed by atoms with Crippen LogP contribution in [0.3, 0.4) is 0 Å². The van der Waals surface area contributed by atoms with Crippen molar-refractivity contribution in [3.8, 4) is 0 Å². The van der Waals surface area contributed by atoms with E-state index >= 15 is 0 Å². The Morgan fingerprint density at radius 3 is 2.00 bits per heavy atom. The van der Waals surface area contributed by atoms with Crippen LogP contribution in [0.1, 0.15) is 38.8 Å². The molecule has 0 aromatic heterocycles. The van der Waals surface area contributed by atoms with Gasteiger partial charge in [0.2, 0.25) is 0 Å². The normalized spacial score (nSPS) is 8.13. The quantitative estimate of drug-likeness (QED) is 0.798. The van der Waals surface area contributed by atoms with Crippen LogP contribution in [0.15, 0.2) is 24.3 Å². The summed E-state index contributed by atoms with van der Waals surface area (Å²) in [6.07, 6.45) is 1.13. The Labute approximate surface area is 95.9 Å². The standard InChI is InChI=1S/C10H15N.2C2H6/c1-9-5-3-4-6-10(9)7-8-11-2;2*1-2/h3-6,11H,7-8H2,1-2H3;2*1-2H3. The van der Waals surface area contributed by atoms with Gasteiger partial charge in [-0.1, -0.05) is 52.0 Å². The summed E-state index contributed by atoms with van der Waals surface area (Å²) in [6, 6.07) is 8.52. The zero-order chi connectivity index (χ0) is 12.1. The Kier molecular flexibility index (Phi) is 14.6. The van der Waals surface area contributed by atoms with Gasteiger partial charge >= 0.3 is 0 Å². The van der Waals surface area contributed by atoms with Gasteiger partial charge in [-0.05, 0) is 38.1 Å². The Morgan fingerprint density at radius 1 is 1.00 bits per heavy atom. The molecule has 1 aromatic rings. The van der Waals surface area contributed by atoms with E-state index in [1.54, 1.807) is 0 Å². The predicted octanol–water partition coefficient (Wildman–Crippen LogP) is 3.81. The second-order valence-corrected chi connectivity index (χ2v) is 2.78. The lowest BCUT2D eigenvalue weighted by Gasteiger charge is -2.03. The van der Waals surface area contributed by atoms with Crippen molar-refractivity contribution in [1.82, 2.24) is 5.32 Å². The van der Waals surface area contributed by atoms with Gasteiger partial charge in [-0.15, -0.1) is 0 Å². The first-order valence-corrected chi connectivity index (χ1v) is 6.03. The molecular formula is C14H27N. The average molecular weight is 209 g/mol. The molecule has 88 valence electrons. The average Bonchev–Trinajstić information content (AvgIpc) is 2.33. The van der Waals surface area contributed by atoms with Crippen LogP contribution >= 0.6 is 0 Å².